The van der Waals surface area contributed by atoms with E-state index >= 15 is 0 Å². The van der Waals surface area contributed by atoms with Gasteiger partial charge >= 0.3 is 0 Å². The van der Waals surface area contributed by atoms with Crippen molar-refractivity contribution in [1.29, 1.82) is 0 Å². The summed E-state index contributed by atoms with van der Waals surface area (Å²) in [5, 5.41) is 2.93. The Kier molecular flexibility index (Phi) is 4.17. The van der Waals surface area contributed by atoms with Gasteiger partial charge in [0.05, 0.1) is 12.0 Å². The van der Waals surface area contributed by atoms with Gasteiger partial charge in [0.2, 0.25) is 0 Å². The van der Waals surface area contributed by atoms with Crippen LogP contribution in [-0.2, 0) is 0 Å². The SMILES string of the molecule is CN(C)C=NC(=S)Nc1ccccc1F. The number of aliphatic imine (C=N–C) groups is 1. The van der Waals surface area contributed by atoms with Crippen LogP contribution in [0, 0.1) is 5.82 Å². The predicted octanol–water partition coefficient (Wildman–Crippen LogP) is 2.11. The summed E-state index contributed by atoms with van der Waals surface area (Å²) in [5.41, 5.74) is 0.332. The first-order chi connectivity index (χ1) is 7.09. The van der Waals surface area contributed by atoms with Gasteiger partial charge in [-0.15, -0.1) is 0 Å². The second-order valence-electron chi connectivity index (χ2n) is 3.12. The number of nitrogens with one attached hydrogen (secondary N) is 1. The second-order valence-corrected chi connectivity index (χ2v) is 3.50. The van der Waals surface area contributed by atoms with Gasteiger partial charge in [-0.1, -0.05) is 12.1 Å². The fraction of sp³-hybridized carbons (Fsp3) is 0.200. The molecule has 0 radical (unpaired) electrons. The maximum Gasteiger partial charge on any atom is 0.198 e. The van der Waals surface area contributed by atoms with Gasteiger partial charge in [-0.25, -0.2) is 9.38 Å². The van der Waals surface area contributed by atoms with Gasteiger partial charge in [0.25, 0.3) is 0 Å². The molecule has 1 aromatic carbocycles. The van der Waals surface area contributed by atoms with Crippen LogP contribution in [0.25, 0.3) is 0 Å². The molecular weight excluding hydrogens is 213 g/mol. The van der Waals surface area contributed by atoms with E-state index < -0.39 is 0 Å². The highest BCUT2D eigenvalue weighted by atomic mass is 32.1. The van der Waals surface area contributed by atoms with Gasteiger partial charge in [0.15, 0.2) is 5.11 Å². The van der Waals surface area contributed by atoms with E-state index in [2.05, 4.69) is 10.3 Å². The van der Waals surface area contributed by atoms with E-state index in [4.69, 9.17) is 12.2 Å². The van der Waals surface area contributed by atoms with Crippen LogP contribution in [0.2, 0.25) is 0 Å². The minimum Gasteiger partial charge on any atom is -0.369 e. The van der Waals surface area contributed by atoms with E-state index in [0.29, 0.717) is 5.69 Å². The summed E-state index contributed by atoms with van der Waals surface area (Å²) < 4.78 is 13.2. The summed E-state index contributed by atoms with van der Waals surface area (Å²) in [6, 6.07) is 6.31. The zero-order valence-corrected chi connectivity index (χ0v) is 9.38. The van der Waals surface area contributed by atoms with E-state index in [1.54, 1.807) is 29.4 Å². The molecule has 0 aliphatic carbocycles. The molecule has 1 rings (SSSR count). The summed E-state index contributed by atoms with van der Waals surface area (Å²) in [6.45, 7) is 0. The van der Waals surface area contributed by atoms with Crippen LogP contribution in [0.1, 0.15) is 0 Å². The molecule has 5 heteroatoms. The molecule has 1 aromatic rings. The van der Waals surface area contributed by atoms with Gasteiger partial charge in [-0.05, 0) is 24.4 Å². The average molecular weight is 225 g/mol. The van der Waals surface area contributed by atoms with Crippen molar-refractivity contribution in [3.05, 3.63) is 30.1 Å². The largest absolute Gasteiger partial charge is 0.369 e. The van der Waals surface area contributed by atoms with E-state index in [9.17, 15) is 4.39 Å². The van der Waals surface area contributed by atoms with Crippen molar-refractivity contribution in [1.82, 2.24) is 4.90 Å². The Morgan fingerprint density at radius 3 is 2.73 bits per heavy atom. The number of nitrogens with zero attached hydrogens (tertiary/aromatic N) is 2. The standard InChI is InChI=1S/C10H12FN3S/c1-14(2)7-12-10(15)13-9-6-4-3-5-8(9)11/h3-7H,1-2H3,(H,13,15). The Balaban J connectivity index is 2.63. The molecule has 15 heavy (non-hydrogen) atoms. The Morgan fingerprint density at radius 1 is 1.47 bits per heavy atom. The Morgan fingerprint density at radius 2 is 2.13 bits per heavy atom. The molecule has 1 N–H and O–H groups in total. The van der Waals surface area contributed by atoms with Crippen molar-refractivity contribution in [3.8, 4) is 0 Å². The fourth-order valence-electron chi connectivity index (χ4n) is 0.878. The molecule has 0 heterocycles. The van der Waals surface area contributed by atoms with Crippen LogP contribution in [0.3, 0.4) is 0 Å². The summed E-state index contributed by atoms with van der Waals surface area (Å²) in [7, 11) is 3.66. The molecule has 0 bridgehead atoms. The van der Waals surface area contributed by atoms with Gasteiger partial charge in [0.1, 0.15) is 5.82 Å². The van der Waals surface area contributed by atoms with Gasteiger partial charge in [-0.2, -0.15) is 0 Å². The molecule has 3 nitrogen and oxygen atoms in total. The number of rotatable bonds is 2. The summed E-state index contributed by atoms with van der Waals surface area (Å²) >= 11 is 4.91. The molecule has 0 spiro atoms. The van der Waals surface area contributed by atoms with Gasteiger partial charge in [-0.3, -0.25) is 0 Å². The van der Waals surface area contributed by atoms with Crippen LogP contribution in [0.15, 0.2) is 29.3 Å². The third kappa shape index (κ3) is 4.03. The maximum atomic E-state index is 13.2. The van der Waals surface area contributed by atoms with Crippen LogP contribution in [0.5, 0.6) is 0 Å². The molecule has 0 saturated heterocycles. The van der Waals surface area contributed by atoms with Crippen molar-refractivity contribution < 1.29 is 4.39 Å². The highest BCUT2D eigenvalue weighted by molar-refractivity contribution is 7.80. The molecule has 0 amide bonds. The molecule has 0 aliphatic heterocycles. The number of halogens is 1. The topological polar surface area (TPSA) is 27.6 Å². The predicted molar refractivity (Wildman–Crippen MR) is 64.8 cm³/mol. The first-order valence-corrected chi connectivity index (χ1v) is 4.76. The minimum atomic E-state index is -0.347. The molecule has 0 aromatic heterocycles. The molecular formula is C10H12FN3S. The lowest BCUT2D eigenvalue weighted by Gasteiger charge is -2.06. The minimum absolute atomic E-state index is 0.230. The quantitative estimate of drug-likeness (QED) is 0.474. The summed E-state index contributed by atoms with van der Waals surface area (Å²) in [6.07, 6.45) is 1.55. The molecule has 80 valence electrons. The van der Waals surface area contributed by atoms with E-state index in [1.807, 2.05) is 14.1 Å². The average Bonchev–Trinajstić information content (AvgIpc) is 2.18. The zero-order chi connectivity index (χ0) is 11.3. The fourth-order valence-corrected chi connectivity index (χ4v) is 1.04. The van der Waals surface area contributed by atoms with Crippen LogP contribution in [0.4, 0.5) is 10.1 Å². The van der Waals surface area contributed by atoms with E-state index in [1.165, 1.54) is 6.07 Å². The molecule has 0 fully saturated rings. The number of para-hydroxylation sites is 1. The number of hydrogen-bond donors (Lipinski definition) is 1. The first kappa shape index (κ1) is 11.6. The van der Waals surface area contributed by atoms with Gasteiger partial charge in [0, 0.05) is 14.1 Å². The number of hydrogen-bond acceptors (Lipinski definition) is 1. The molecule has 0 unspecified atom stereocenters. The number of anilines is 1. The van der Waals surface area contributed by atoms with Crippen molar-refractivity contribution in [3.63, 3.8) is 0 Å². The van der Waals surface area contributed by atoms with Crippen LogP contribution in [-0.4, -0.2) is 30.4 Å². The lowest BCUT2D eigenvalue weighted by molar-refractivity contribution is 0.632. The third-order valence-corrected chi connectivity index (χ3v) is 1.73. The van der Waals surface area contributed by atoms with Crippen LogP contribution < -0.4 is 5.32 Å². The lowest BCUT2D eigenvalue weighted by atomic mass is 10.3. The summed E-state index contributed by atoms with van der Waals surface area (Å²) in [4.78, 5) is 5.66. The van der Waals surface area contributed by atoms with Crippen molar-refractivity contribution >= 4 is 29.4 Å². The molecule has 0 atom stereocenters. The number of benzene rings is 1. The normalized spacial score (nSPS) is 10.3. The Bertz CT molecular complexity index is 377. The van der Waals surface area contributed by atoms with E-state index in [-0.39, 0.29) is 10.9 Å². The Labute approximate surface area is 93.6 Å². The van der Waals surface area contributed by atoms with Crippen molar-refractivity contribution in [2.75, 3.05) is 19.4 Å². The molecule has 0 saturated carbocycles. The second kappa shape index (κ2) is 5.41. The highest BCUT2D eigenvalue weighted by Crippen LogP contribution is 2.12. The highest BCUT2D eigenvalue weighted by Gasteiger charge is 2.00. The smallest absolute Gasteiger partial charge is 0.198 e. The third-order valence-electron chi connectivity index (χ3n) is 1.52. The number of thiocarbonyl (C=S) groups is 1. The Hall–Kier alpha value is -1.49. The van der Waals surface area contributed by atoms with Crippen molar-refractivity contribution in [2.45, 2.75) is 0 Å². The maximum absolute atomic E-state index is 13.2. The summed E-state index contributed by atoms with van der Waals surface area (Å²) in [5.74, 6) is -0.347. The van der Waals surface area contributed by atoms with Gasteiger partial charge < -0.3 is 10.2 Å². The van der Waals surface area contributed by atoms with Crippen LogP contribution >= 0.6 is 12.2 Å². The first-order valence-electron chi connectivity index (χ1n) is 4.35. The lowest BCUT2D eigenvalue weighted by Crippen LogP contribution is -2.13. The monoisotopic (exact) mass is 225 g/mol. The zero-order valence-electron chi connectivity index (χ0n) is 8.57. The van der Waals surface area contributed by atoms with E-state index in [0.717, 1.165) is 0 Å². The van der Waals surface area contributed by atoms with Crippen molar-refractivity contribution in [2.24, 2.45) is 4.99 Å². The molecule has 0 aliphatic rings.